The molecule has 14 heavy (non-hydrogen) atoms. The fraction of sp³-hybridized carbons (Fsp3) is 1.00. The Morgan fingerprint density at radius 2 is 2.00 bits per heavy atom. The molecule has 2 fully saturated rings. The third kappa shape index (κ3) is 2.13. The quantitative estimate of drug-likeness (QED) is 0.668. The van der Waals surface area contributed by atoms with Crippen molar-refractivity contribution in [3.8, 4) is 0 Å². The monoisotopic (exact) mass is 195 g/mol. The molecule has 0 spiro atoms. The Morgan fingerprint density at radius 3 is 2.50 bits per heavy atom. The predicted molar refractivity (Wildman–Crippen MR) is 61.4 cm³/mol. The Kier molecular flexibility index (Phi) is 3.48. The van der Waals surface area contributed by atoms with Gasteiger partial charge in [-0.2, -0.15) is 0 Å². The highest BCUT2D eigenvalue weighted by Crippen LogP contribution is 2.33. The summed E-state index contributed by atoms with van der Waals surface area (Å²) >= 11 is 0. The van der Waals surface area contributed by atoms with Crippen molar-refractivity contribution in [3.05, 3.63) is 0 Å². The van der Waals surface area contributed by atoms with E-state index in [0.29, 0.717) is 0 Å². The second-order valence-corrected chi connectivity index (χ2v) is 5.39. The zero-order chi connectivity index (χ0) is 9.97. The van der Waals surface area contributed by atoms with Crippen molar-refractivity contribution in [1.29, 1.82) is 0 Å². The summed E-state index contributed by atoms with van der Waals surface area (Å²) in [6, 6.07) is 0.972. The molecular weight excluding hydrogens is 170 g/mol. The van der Waals surface area contributed by atoms with Crippen molar-refractivity contribution in [2.75, 3.05) is 13.1 Å². The second-order valence-electron chi connectivity index (χ2n) is 5.39. The van der Waals surface area contributed by atoms with Gasteiger partial charge in [0.05, 0.1) is 0 Å². The van der Waals surface area contributed by atoms with E-state index in [9.17, 15) is 0 Å². The largest absolute Gasteiger partial charge is 0.300 e. The number of piperidine rings is 1. The molecule has 1 saturated carbocycles. The molecule has 1 saturated heterocycles. The lowest BCUT2D eigenvalue weighted by atomic mass is 9.81. The first-order valence-electron chi connectivity index (χ1n) is 6.55. The van der Waals surface area contributed by atoms with Crippen LogP contribution in [0.3, 0.4) is 0 Å². The van der Waals surface area contributed by atoms with E-state index in [1.165, 1.54) is 51.6 Å². The van der Waals surface area contributed by atoms with E-state index in [-0.39, 0.29) is 0 Å². The van der Waals surface area contributed by atoms with Crippen LogP contribution in [0.15, 0.2) is 0 Å². The van der Waals surface area contributed by atoms with Crippen molar-refractivity contribution >= 4 is 0 Å². The molecule has 0 amide bonds. The van der Waals surface area contributed by atoms with E-state index in [0.717, 1.165) is 17.9 Å². The maximum absolute atomic E-state index is 2.76. The summed E-state index contributed by atoms with van der Waals surface area (Å²) in [4.78, 5) is 2.76. The molecule has 1 heterocycles. The molecule has 0 bridgehead atoms. The average Bonchev–Trinajstić information content (AvgIpc) is 2.07. The lowest BCUT2D eigenvalue weighted by Crippen LogP contribution is -2.47. The van der Waals surface area contributed by atoms with Gasteiger partial charge in [-0.05, 0) is 37.6 Å². The van der Waals surface area contributed by atoms with E-state index in [1.54, 1.807) is 0 Å². The van der Waals surface area contributed by atoms with Gasteiger partial charge in [-0.25, -0.2) is 0 Å². The third-order valence-electron chi connectivity index (χ3n) is 4.36. The summed E-state index contributed by atoms with van der Waals surface area (Å²) in [5, 5.41) is 0. The summed E-state index contributed by atoms with van der Waals surface area (Å²) in [6.45, 7) is 7.56. The molecule has 0 aromatic heterocycles. The van der Waals surface area contributed by atoms with Gasteiger partial charge in [-0.15, -0.1) is 0 Å². The van der Waals surface area contributed by atoms with Crippen molar-refractivity contribution in [2.45, 2.75) is 58.4 Å². The molecule has 1 heteroatoms. The van der Waals surface area contributed by atoms with Crippen LogP contribution in [0.2, 0.25) is 0 Å². The molecule has 0 N–H and O–H groups in total. The molecule has 2 rings (SSSR count). The summed E-state index contributed by atoms with van der Waals surface area (Å²) in [7, 11) is 0. The Labute approximate surface area is 88.9 Å². The molecule has 1 aliphatic carbocycles. The highest BCUT2D eigenvalue weighted by molar-refractivity contribution is 4.86. The zero-order valence-electron chi connectivity index (χ0n) is 9.84. The fourth-order valence-electron chi connectivity index (χ4n) is 3.11. The number of hydrogen-bond acceptors (Lipinski definition) is 1. The lowest BCUT2D eigenvalue weighted by molar-refractivity contribution is 0.0505. The molecular formula is C13H25N. The first-order valence-corrected chi connectivity index (χ1v) is 6.55. The van der Waals surface area contributed by atoms with Crippen molar-refractivity contribution in [2.24, 2.45) is 11.8 Å². The molecule has 0 aromatic carbocycles. The summed E-state index contributed by atoms with van der Waals surface area (Å²) in [5.41, 5.74) is 0. The van der Waals surface area contributed by atoms with Gasteiger partial charge in [-0.3, -0.25) is 0 Å². The topological polar surface area (TPSA) is 3.24 Å². The molecule has 0 unspecified atom stereocenters. The smallest absolute Gasteiger partial charge is 0.00953 e. The van der Waals surface area contributed by atoms with Crippen molar-refractivity contribution < 1.29 is 0 Å². The van der Waals surface area contributed by atoms with Crippen LogP contribution in [0.5, 0.6) is 0 Å². The molecule has 82 valence electrons. The van der Waals surface area contributed by atoms with Gasteiger partial charge in [0.15, 0.2) is 0 Å². The van der Waals surface area contributed by atoms with E-state index in [2.05, 4.69) is 18.7 Å². The van der Waals surface area contributed by atoms with E-state index in [4.69, 9.17) is 0 Å². The highest BCUT2D eigenvalue weighted by Gasteiger charge is 2.31. The van der Waals surface area contributed by atoms with Crippen molar-refractivity contribution in [1.82, 2.24) is 4.90 Å². The molecule has 1 aliphatic heterocycles. The summed E-state index contributed by atoms with van der Waals surface area (Å²) in [6.07, 6.45) is 8.73. The van der Waals surface area contributed by atoms with E-state index in [1.807, 2.05) is 0 Å². The maximum atomic E-state index is 2.76. The van der Waals surface area contributed by atoms with E-state index >= 15 is 0 Å². The lowest BCUT2D eigenvalue weighted by Gasteiger charge is -2.44. The van der Waals surface area contributed by atoms with Crippen LogP contribution < -0.4 is 0 Å². The van der Waals surface area contributed by atoms with Gasteiger partial charge < -0.3 is 4.90 Å². The molecule has 0 radical (unpaired) electrons. The first-order chi connectivity index (χ1) is 6.81. The standard InChI is InChI=1S/C13H25N/c1-3-5-12-8-9-14(10-11(12)2)13-6-4-7-13/h11-13H,3-10H2,1-2H3/t11-,12-/m0/s1. The Balaban J connectivity index is 1.79. The van der Waals surface area contributed by atoms with Crippen LogP contribution in [-0.2, 0) is 0 Å². The number of likely N-dealkylation sites (tertiary alicyclic amines) is 1. The summed E-state index contributed by atoms with van der Waals surface area (Å²) in [5.74, 6) is 1.97. The van der Waals surface area contributed by atoms with Crippen LogP contribution in [0.4, 0.5) is 0 Å². The van der Waals surface area contributed by atoms with Gasteiger partial charge in [-0.1, -0.05) is 33.1 Å². The van der Waals surface area contributed by atoms with Gasteiger partial charge in [0.25, 0.3) is 0 Å². The Bertz CT molecular complexity index is 174. The minimum absolute atomic E-state index is 0.948. The first kappa shape index (κ1) is 10.5. The minimum atomic E-state index is 0.948. The maximum Gasteiger partial charge on any atom is 0.00953 e. The fourth-order valence-corrected chi connectivity index (χ4v) is 3.11. The third-order valence-corrected chi connectivity index (χ3v) is 4.36. The van der Waals surface area contributed by atoms with Gasteiger partial charge >= 0.3 is 0 Å². The Hall–Kier alpha value is -0.0400. The second kappa shape index (κ2) is 4.65. The number of hydrogen-bond donors (Lipinski definition) is 0. The highest BCUT2D eigenvalue weighted by atomic mass is 15.2. The predicted octanol–water partition coefficient (Wildman–Crippen LogP) is 3.30. The van der Waals surface area contributed by atoms with Crippen LogP contribution >= 0.6 is 0 Å². The minimum Gasteiger partial charge on any atom is -0.300 e. The zero-order valence-corrected chi connectivity index (χ0v) is 9.84. The molecule has 1 nitrogen and oxygen atoms in total. The van der Waals surface area contributed by atoms with Gasteiger partial charge in [0, 0.05) is 12.6 Å². The molecule has 2 atom stereocenters. The average molecular weight is 195 g/mol. The molecule has 2 aliphatic rings. The summed E-state index contributed by atoms with van der Waals surface area (Å²) < 4.78 is 0. The van der Waals surface area contributed by atoms with Gasteiger partial charge in [0.2, 0.25) is 0 Å². The molecule has 0 aromatic rings. The number of rotatable bonds is 3. The Morgan fingerprint density at radius 1 is 1.21 bits per heavy atom. The SMILES string of the molecule is CCC[C@H]1CCN(C2CCC2)C[C@@H]1C. The van der Waals surface area contributed by atoms with Gasteiger partial charge in [0.1, 0.15) is 0 Å². The van der Waals surface area contributed by atoms with E-state index < -0.39 is 0 Å². The normalized spacial score (nSPS) is 35.6. The number of nitrogens with zero attached hydrogens (tertiary/aromatic N) is 1. The van der Waals surface area contributed by atoms with Crippen molar-refractivity contribution in [3.63, 3.8) is 0 Å². The van der Waals surface area contributed by atoms with Crippen LogP contribution in [0.25, 0.3) is 0 Å². The van der Waals surface area contributed by atoms with Crippen LogP contribution in [0, 0.1) is 11.8 Å². The van der Waals surface area contributed by atoms with Crippen LogP contribution in [0.1, 0.15) is 52.4 Å². The van der Waals surface area contributed by atoms with Crippen LogP contribution in [-0.4, -0.2) is 24.0 Å².